The molecule has 0 unspecified atom stereocenters. The average molecular weight is 242 g/mol. The molecule has 0 saturated heterocycles. The van der Waals surface area contributed by atoms with Crippen LogP contribution < -0.4 is 5.32 Å². The van der Waals surface area contributed by atoms with E-state index in [-0.39, 0.29) is 12.8 Å². The predicted octanol–water partition coefficient (Wildman–Crippen LogP) is 3.08. The Morgan fingerprint density at radius 2 is 1.94 bits per heavy atom. The van der Waals surface area contributed by atoms with Gasteiger partial charge in [-0.05, 0) is 43.7 Å². The van der Waals surface area contributed by atoms with Crippen LogP contribution in [0.15, 0.2) is 12.1 Å². The Hall–Kier alpha value is -1.26. The fourth-order valence-electron chi connectivity index (χ4n) is 2.34. The normalized spacial score (nSPS) is 21.1. The van der Waals surface area contributed by atoms with Gasteiger partial charge in [0.25, 0.3) is 0 Å². The molecule has 2 nitrogen and oxygen atoms in total. The maximum Gasteiger partial charge on any atom is 0.411 e. The topological polar surface area (TPSA) is 24.9 Å². The fraction of sp³-hybridized carbons (Fsp3) is 0.583. The zero-order valence-corrected chi connectivity index (χ0v) is 9.27. The number of nitrogens with zero attached hydrogens (tertiary/aromatic N) is 1. The van der Waals surface area contributed by atoms with E-state index in [1.807, 2.05) is 6.07 Å². The van der Waals surface area contributed by atoms with Crippen molar-refractivity contribution in [1.29, 1.82) is 0 Å². The standard InChI is InChI=1S/C12H13F3N2/c13-12(14,15)11(6-7-11)17-10-5-4-8-2-1-3-9(8)16-10/h4-5H,1-3,6-7H2,(H,16,17). The zero-order valence-electron chi connectivity index (χ0n) is 9.27. The van der Waals surface area contributed by atoms with Crippen molar-refractivity contribution in [3.63, 3.8) is 0 Å². The van der Waals surface area contributed by atoms with Gasteiger partial charge in [0.1, 0.15) is 11.4 Å². The lowest BCUT2D eigenvalue weighted by molar-refractivity contribution is -0.151. The summed E-state index contributed by atoms with van der Waals surface area (Å²) in [6, 6.07) is 3.56. The number of aromatic nitrogens is 1. The van der Waals surface area contributed by atoms with E-state index >= 15 is 0 Å². The summed E-state index contributed by atoms with van der Waals surface area (Å²) in [5, 5.41) is 2.56. The van der Waals surface area contributed by atoms with Crippen LogP contribution in [0.3, 0.4) is 0 Å². The summed E-state index contributed by atoms with van der Waals surface area (Å²) in [6.45, 7) is 0. The number of anilines is 1. The van der Waals surface area contributed by atoms with Crippen molar-refractivity contribution in [3.05, 3.63) is 23.4 Å². The highest BCUT2D eigenvalue weighted by Gasteiger charge is 2.63. The van der Waals surface area contributed by atoms with Crippen molar-refractivity contribution in [1.82, 2.24) is 4.98 Å². The van der Waals surface area contributed by atoms with Crippen LogP contribution in [0.1, 0.15) is 30.5 Å². The highest BCUT2D eigenvalue weighted by Crippen LogP contribution is 2.51. The molecule has 92 valence electrons. The van der Waals surface area contributed by atoms with Crippen LogP contribution in [0.5, 0.6) is 0 Å². The van der Waals surface area contributed by atoms with E-state index in [1.165, 1.54) is 5.56 Å². The van der Waals surface area contributed by atoms with Crippen LogP contribution in [0, 0.1) is 0 Å². The van der Waals surface area contributed by atoms with Gasteiger partial charge in [0.2, 0.25) is 0 Å². The zero-order chi connectivity index (χ0) is 12.1. The smallest absolute Gasteiger partial charge is 0.356 e. The highest BCUT2D eigenvalue weighted by molar-refractivity contribution is 5.45. The van der Waals surface area contributed by atoms with Crippen molar-refractivity contribution in [2.24, 2.45) is 0 Å². The molecule has 3 rings (SSSR count). The number of pyridine rings is 1. The van der Waals surface area contributed by atoms with E-state index in [0.29, 0.717) is 5.82 Å². The number of halogens is 3. The van der Waals surface area contributed by atoms with Gasteiger partial charge in [0.05, 0.1) is 0 Å². The lowest BCUT2D eigenvalue weighted by atomic mass is 10.2. The minimum Gasteiger partial charge on any atom is -0.356 e. The monoisotopic (exact) mass is 242 g/mol. The van der Waals surface area contributed by atoms with E-state index in [2.05, 4.69) is 10.3 Å². The molecular formula is C12H13F3N2. The molecule has 0 atom stereocenters. The SMILES string of the molecule is FC(F)(F)C1(Nc2ccc3c(n2)CCC3)CC1. The molecule has 0 spiro atoms. The number of rotatable bonds is 2. The second-order valence-corrected chi connectivity index (χ2v) is 4.86. The molecule has 0 amide bonds. The average Bonchev–Trinajstić information content (AvgIpc) is 2.90. The summed E-state index contributed by atoms with van der Waals surface area (Å²) in [4.78, 5) is 4.28. The summed E-state index contributed by atoms with van der Waals surface area (Å²) in [5.74, 6) is 0.362. The molecule has 1 saturated carbocycles. The maximum atomic E-state index is 12.8. The van der Waals surface area contributed by atoms with E-state index in [0.717, 1.165) is 25.0 Å². The Labute approximate surface area is 97.2 Å². The summed E-state index contributed by atoms with van der Waals surface area (Å²) >= 11 is 0. The van der Waals surface area contributed by atoms with Crippen molar-refractivity contribution in [2.75, 3.05) is 5.32 Å². The first-order chi connectivity index (χ1) is 8.00. The first-order valence-corrected chi connectivity index (χ1v) is 5.84. The number of hydrogen-bond acceptors (Lipinski definition) is 2. The molecule has 5 heteroatoms. The predicted molar refractivity (Wildman–Crippen MR) is 57.9 cm³/mol. The molecule has 1 heterocycles. The maximum absolute atomic E-state index is 12.8. The summed E-state index contributed by atoms with van der Waals surface area (Å²) in [7, 11) is 0. The van der Waals surface area contributed by atoms with Crippen LogP contribution in [0.25, 0.3) is 0 Å². The molecule has 2 aliphatic rings. The molecule has 1 aromatic rings. The Morgan fingerprint density at radius 3 is 2.59 bits per heavy atom. The Kier molecular flexibility index (Phi) is 2.15. The Balaban J connectivity index is 1.82. The third kappa shape index (κ3) is 1.77. The van der Waals surface area contributed by atoms with E-state index in [1.54, 1.807) is 6.07 Å². The van der Waals surface area contributed by atoms with Gasteiger partial charge in [-0.1, -0.05) is 6.07 Å². The van der Waals surface area contributed by atoms with Gasteiger partial charge in [-0.25, -0.2) is 4.98 Å². The van der Waals surface area contributed by atoms with Crippen molar-refractivity contribution < 1.29 is 13.2 Å². The van der Waals surface area contributed by atoms with E-state index in [4.69, 9.17) is 0 Å². The third-order valence-electron chi connectivity index (χ3n) is 3.59. The number of alkyl halides is 3. The van der Waals surface area contributed by atoms with Gasteiger partial charge in [-0.2, -0.15) is 13.2 Å². The van der Waals surface area contributed by atoms with Gasteiger partial charge >= 0.3 is 6.18 Å². The van der Waals surface area contributed by atoms with E-state index in [9.17, 15) is 13.2 Å². The summed E-state index contributed by atoms with van der Waals surface area (Å²) in [6.07, 6.45) is -0.967. The first kappa shape index (κ1) is 10.9. The molecule has 0 aromatic carbocycles. The quantitative estimate of drug-likeness (QED) is 0.862. The van der Waals surface area contributed by atoms with Gasteiger partial charge in [0, 0.05) is 5.69 Å². The second kappa shape index (κ2) is 3.37. The number of hydrogen-bond donors (Lipinski definition) is 1. The first-order valence-electron chi connectivity index (χ1n) is 5.84. The Morgan fingerprint density at radius 1 is 1.18 bits per heavy atom. The van der Waals surface area contributed by atoms with Gasteiger partial charge < -0.3 is 5.32 Å². The molecule has 1 aromatic heterocycles. The summed E-state index contributed by atoms with van der Waals surface area (Å²) in [5.41, 5.74) is 0.410. The lowest BCUT2D eigenvalue weighted by Crippen LogP contribution is -2.38. The second-order valence-electron chi connectivity index (χ2n) is 4.86. The van der Waals surface area contributed by atoms with Gasteiger partial charge in [-0.15, -0.1) is 0 Å². The van der Waals surface area contributed by atoms with Gasteiger partial charge in [-0.3, -0.25) is 0 Å². The van der Waals surface area contributed by atoms with Crippen molar-refractivity contribution in [2.45, 2.75) is 43.8 Å². The molecule has 0 bridgehead atoms. The lowest BCUT2D eigenvalue weighted by Gasteiger charge is -2.21. The molecule has 17 heavy (non-hydrogen) atoms. The number of fused-ring (bicyclic) bond motifs is 1. The molecule has 0 aliphatic heterocycles. The summed E-state index contributed by atoms with van der Waals surface area (Å²) < 4.78 is 38.3. The minimum absolute atomic E-state index is 0.148. The van der Waals surface area contributed by atoms with Crippen LogP contribution in [0.4, 0.5) is 19.0 Å². The molecule has 0 radical (unpaired) electrons. The van der Waals surface area contributed by atoms with Crippen molar-refractivity contribution in [3.8, 4) is 0 Å². The van der Waals surface area contributed by atoms with E-state index < -0.39 is 11.7 Å². The Bertz CT molecular complexity index is 450. The van der Waals surface area contributed by atoms with Crippen LogP contribution in [0.2, 0.25) is 0 Å². The van der Waals surface area contributed by atoms with Crippen molar-refractivity contribution >= 4 is 5.82 Å². The molecule has 1 N–H and O–H groups in total. The fourth-order valence-corrected chi connectivity index (χ4v) is 2.34. The van der Waals surface area contributed by atoms with Gasteiger partial charge in [0.15, 0.2) is 0 Å². The van der Waals surface area contributed by atoms with Crippen LogP contribution in [-0.4, -0.2) is 16.7 Å². The van der Waals surface area contributed by atoms with Crippen LogP contribution >= 0.6 is 0 Å². The molecule has 1 fully saturated rings. The van der Waals surface area contributed by atoms with Crippen LogP contribution in [-0.2, 0) is 12.8 Å². The molecular weight excluding hydrogens is 229 g/mol. The minimum atomic E-state index is -4.19. The number of nitrogens with one attached hydrogen (secondary N) is 1. The highest BCUT2D eigenvalue weighted by atomic mass is 19.4. The largest absolute Gasteiger partial charge is 0.411 e. The molecule has 2 aliphatic carbocycles. The third-order valence-corrected chi connectivity index (χ3v) is 3.59. The number of aryl methyl sites for hydroxylation is 2.